The van der Waals surface area contributed by atoms with Gasteiger partial charge in [-0.25, -0.2) is 0 Å². The lowest BCUT2D eigenvalue weighted by atomic mass is 9.97. The summed E-state index contributed by atoms with van der Waals surface area (Å²) in [7, 11) is 0. The molecule has 35 heavy (non-hydrogen) atoms. The minimum atomic E-state index is -4.46. The molecule has 9 heteroatoms. The fourth-order valence-electron chi connectivity index (χ4n) is 4.22. The maximum Gasteiger partial charge on any atom is 0.416 e. The Morgan fingerprint density at radius 2 is 1.80 bits per heavy atom. The van der Waals surface area contributed by atoms with Crippen LogP contribution in [0.1, 0.15) is 61.4 Å². The van der Waals surface area contributed by atoms with Crippen LogP contribution in [-0.2, 0) is 6.18 Å². The Balaban J connectivity index is 1.52. The number of alkyl halides is 3. The molecule has 0 unspecified atom stereocenters. The number of rotatable bonds is 9. The van der Waals surface area contributed by atoms with Gasteiger partial charge in [-0.05, 0) is 37.5 Å². The number of ether oxygens (including phenoxy) is 1. The van der Waals surface area contributed by atoms with E-state index in [0.29, 0.717) is 30.1 Å². The van der Waals surface area contributed by atoms with Crippen LogP contribution >= 0.6 is 0 Å². The van der Waals surface area contributed by atoms with Crippen molar-refractivity contribution in [1.29, 1.82) is 0 Å². The van der Waals surface area contributed by atoms with Gasteiger partial charge in [-0.15, -0.1) is 0 Å². The summed E-state index contributed by atoms with van der Waals surface area (Å²) in [5.41, 5.74) is 0.665. The van der Waals surface area contributed by atoms with E-state index < -0.39 is 11.7 Å². The summed E-state index contributed by atoms with van der Waals surface area (Å²) in [6.07, 6.45) is 1.94. The van der Waals surface area contributed by atoms with Gasteiger partial charge in [-0.2, -0.15) is 28.1 Å². The molecule has 0 atom stereocenters. The Kier molecular flexibility index (Phi) is 7.63. The minimum Gasteiger partial charge on any atom is -0.464 e. The number of carbonyl (C=O) groups excluding carboxylic acids is 1. The van der Waals surface area contributed by atoms with Crippen LogP contribution in [-0.4, -0.2) is 27.3 Å². The van der Waals surface area contributed by atoms with Crippen molar-refractivity contribution in [2.45, 2.75) is 51.6 Å². The number of aromatic nitrogens is 3. The highest BCUT2D eigenvalue weighted by Gasteiger charge is 2.30. The summed E-state index contributed by atoms with van der Waals surface area (Å²) in [5.74, 6) is 1.10. The molecule has 0 radical (unpaired) electrons. The Bertz CT molecular complexity index is 1160. The number of hydrogen-bond acceptors (Lipinski definition) is 6. The van der Waals surface area contributed by atoms with Crippen LogP contribution in [0.4, 0.5) is 24.8 Å². The lowest BCUT2D eigenvalue weighted by molar-refractivity contribution is -0.137. The maximum absolute atomic E-state index is 13.1. The van der Waals surface area contributed by atoms with Gasteiger partial charge in [-0.3, -0.25) is 4.79 Å². The molecule has 1 N–H and O–H groups in total. The van der Waals surface area contributed by atoms with Gasteiger partial charge < -0.3 is 10.1 Å². The molecule has 0 spiro atoms. The van der Waals surface area contributed by atoms with Crippen LogP contribution in [0.3, 0.4) is 0 Å². The third-order valence-electron chi connectivity index (χ3n) is 6.05. The second kappa shape index (κ2) is 10.8. The lowest BCUT2D eigenvalue weighted by Gasteiger charge is -2.12. The summed E-state index contributed by atoms with van der Waals surface area (Å²) >= 11 is 0. The van der Waals surface area contributed by atoms with Gasteiger partial charge in [0.15, 0.2) is 11.6 Å². The smallest absolute Gasteiger partial charge is 0.416 e. The average molecular weight is 485 g/mol. The Hall–Kier alpha value is -3.49. The first-order chi connectivity index (χ1) is 16.8. The molecule has 1 aliphatic carbocycles. The predicted molar refractivity (Wildman–Crippen MR) is 127 cm³/mol. The molecule has 4 rings (SSSR count). The monoisotopic (exact) mass is 484 g/mol. The number of anilines is 2. The lowest BCUT2D eigenvalue weighted by Crippen LogP contribution is -2.07. The van der Waals surface area contributed by atoms with Crippen molar-refractivity contribution in [3.8, 4) is 17.4 Å². The van der Waals surface area contributed by atoms with Crippen LogP contribution in [0, 0.1) is 5.92 Å². The molecule has 1 fully saturated rings. The van der Waals surface area contributed by atoms with E-state index in [9.17, 15) is 18.0 Å². The molecular formula is C26H27F3N4O2. The van der Waals surface area contributed by atoms with E-state index in [-0.39, 0.29) is 29.3 Å². The zero-order valence-electron chi connectivity index (χ0n) is 19.4. The van der Waals surface area contributed by atoms with Crippen molar-refractivity contribution in [3.05, 3.63) is 59.7 Å². The van der Waals surface area contributed by atoms with Crippen molar-refractivity contribution >= 4 is 17.4 Å². The number of benzene rings is 2. The summed E-state index contributed by atoms with van der Waals surface area (Å²) in [6, 6.07) is 11.8. The van der Waals surface area contributed by atoms with E-state index >= 15 is 0 Å². The van der Waals surface area contributed by atoms with Crippen LogP contribution < -0.4 is 10.1 Å². The summed E-state index contributed by atoms with van der Waals surface area (Å²) < 4.78 is 44.6. The second-order valence-corrected chi connectivity index (χ2v) is 8.59. The van der Waals surface area contributed by atoms with Crippen molar-refractivity contribution in [3.63, 3.8) is 0 Å². The normalized spacial score (nSPS) is 14.2. The predicted octanol–water partition coefficient (Wildman–Crippen LogP) is 6.85. The molecule has 1 heterocycles. The number of hydrogen-bond donors (Lipinski definition) is 1. The molecular weight excluding hydrogens is 457 g/mol. The molecule has 0 saturated heterocycles. The van der Waals surface area contributed by atoms with Gasteiger partial charge in [0.2, 0.25) is 5.95 Å². The van der Waals surface area contributed by atoms with Gasteiger partial charge in [-0.1, -0.05) is 56.0 Å². The highest BCUT2D eigenvalue weighted by atomic mass is 19.4. The SMILES string of the molecule is CCOc1nc(Nc2cccc(C(F)(F)F)c2)nc(-c2ccc(C(=O)CCC3CCCC3)cc2)n1. The standard InChI is InChI=1S/C26H27F3N4O2/c1-2-35-25-32-23(31-24(33-25)30-21-9-5-8-20(16-21)26(27,28)29)19-13-11-18(12-14-19)22(34)15-10-17-6-3-4-7-17/h5,8-9,11-14,16-17H,2-4,6-7,10,15H2,1H3,(H,30,31,32,33). The molecule has 0 aliphatic heterocycles. The summed E-state index contributed by atoms with van der Waals surface area (Å²) in [6.45, 7) is 2.08. The van der Waals surface area contributed by atoms with Crippen LogP contribution in [0.2, 0.25) is 0 Å². The Labute approximate surface area is 202 Å². The third kappa shape index (κ3) is 6.55. The molecule has 6 nitrogen and oxygen atoms in total. The summed E-state index contributed by atoms with van der Waals surface area (Å²) in [4.78, 5) is 25.4. The van der Waals surface area contributed by atoms with E-state index in [4.69, 9.17) is 4.74 Å². The molecule has 2 aromatic carbocycles. The number of Topliss-reactive ketones (excluding diaryl/α,β-unsaturated/α-hetero) is 1. The zero-order valence-corrected chi connectivity index (χ0v) is 19.4. The summed E-state index contributed by atoms with van der Waals surface area (Å²) in [5, 5.41) is 2.80. The second-order valence-electron chi connectivity index (χ2n) is 8.59. The Morgan fingerprint density at radius 3 is 2.49 bits per heavy atom. The van der Waals surface area contributed by atoms with Gasteiger partial charge in [0.1, 0.15) is 0 Å². The van der Waals surface area contributed by atoms with Crippen molar-refractivity contribution in [2.75, 3.05) is 11.9 Å². The number of nitrogens with one attached hydrogen (secondary N) is 1. The number of halogens is 3. The molecule has 1 aliphatic rings. The number of carbonyl (C=O) groups is 1. The van der Waals surface area contributed by atoms with Gasteiger partial charge in [0.05, 0.1) is 12.2 Å². The molecule has 1 saturated carbocycles. The van der Waals surface area contributed by atoms with Crippen LogP contribution in [0.25, 0.3) is 11.4 Å². The van der Waals surface area contributed by atoms with E-state index in [2.05, 4.69) is 20.3 Å². The number of ketones is 1. The molecule has 0 amide bonds. The molecule has 1 aromatic heterocycles. The zero-order chi connectivity index (χ0) is 24.8. The average Bonchev–Trinajstić information content (AvgIpc) is 3.36. The van der Waals surface area contributed by atoms with Crippen molar-refractivity contribution in [2.24, 2.45) is 5.92 Å². The molecule has 3 aromatic rings. The first-order valence-corrected chi connectivity index (χ1v) is 11.8. The van der Waals surface area contributed by atoms with E-state index in [1.54, 1.807) is 31.2 Å². The van der Waals surface area contributed by atoms with Crippen molar-refractivity contribution < 1.29 is 22.7 Å². The molecule has 0 bridgehead atoms. The first kappa shape index (κ1) is 24.6. The fourth-order valence-corrected chi connectivity index (χ4v) is 4.22. The maximum atomic E-state index is 13.1. The number of nitrogens with zero attached hydrogens (tertiary/aromatic N) is 3. The quantitative estimate of drug-likeness (QED) is 0.335. The highest BCUT2D eigenvalue weighted by Crippen LogP contribution is 2.32. The van der Waals surface area contributed by atoms with Gasteiger partial charge >= 0.3 is 12.2 Å². The highest BCUT2D eigenvalue weighted by molar-refractivity contribution is 5.96. The minimum absolute atomic E-state index is 0.0451. The first-order valence-electron chi connectivity index (χ1n) is 11.8. The largest absolute Gasteiger partial charge is 0.464 e. The topological polar surface area (TPSA) is 77.0 Å². The van der Waals surface area contributed by atoms with Crippen LogP contribution in [0.5, 0.6) is 6.01 Å². The van der Waals surface area contributed by atoms with E-state index in [0.717, 1.165) is 18.6 Å². The fraction of sp³-hybridized carbons (Fsp3) is 0.385. The van der Waals surface area contributed by atoms with Crippen molar-refractivity contribution in [1.82, 2.24) is 15.0 Å². The van der Waals surface area contributed by atoms with Gasteiger partial charge in [0, 0.05) is 23.2 Å². The van der Waals surface area contributed by atoms with Gasteiger partial charge in [0.25, 0.3) is 0 Å². The van der Waals surface area contributed by atoms with E-state index in [1.165, 1.54) is 37.8 Å². The van der Waals surface area contributed by atoms with E-state index in [1.807, 2.05) is 0 Å². The van der Waals surface area contributed by atoms with Crippen LogP contribution in [0.15, 0.2) is 48.5 Å². The Morgan fingerprint density at radius 1 is 1.06 bits per heavy atom. The third-order valence-corrected chi connectivity index (χ3v) is 6.05. The molecule has 184 valence electrons.